The molecule has 0 fully saturated rings. The van der Waals surface area contributed by atoms with E-state index < -0.39 is 5.97 Å². The van der Waals surface area contributed by atoms with Crippen LogP contribution in [0.2, 0.25) is 0 Å². The van der Waals surface area contributed by atoms with E-state index in [9.17, 15) is 9.59 Å². The van der Waals surface area contributed by atoms with E-state index in [2.05, 4.69) is 19.9 Å². The van der Waals surface area contributed by atoms with E-state index >= 15 is 0 Å². The quantitative estimate of drug-likeness (QED) is 0.487. The summed E-state index contributed by atoms with van der Waals surface area (Å²) < 4.78 is 15.8. The van der Waals surface area contributed by atoms with Gasteiger partial charge in [0, 0.05) is 29.9 Å². The Labute approximate surface area is 177 Å². The van der Waals surface area contributed by atoms with Gasteiger partial charge in [0.15, 0.2) is 19.0 Å². The maximum absolute atomic E-state index is 12.4. The summed E-state index contributed by atoms with van der Waals surface area (Å²) in [5.41, 5.74) is 2.80. The molecule has 0 spiro atoms. The maximum atomic E-state index is 12.4. The number of rotatable bonds is 8. The third kappa shape index (κ3) is 4.64. The van der Waals surface area contributed by atoms with Crippen LogP contribution in [0.5, 0.6) is 11.5 Å². The number of para-hydroxylation sites is 1. The Morgan fingerprint density at radius 3 is 2.23 bits per heavy atom. The number of allylic oxidation sites excluding steroid dienone is 1. The first-order chi connectivity index (χ1) is 14.3. The minimum Gasteiger partial charge on any atom is -0.494 e. The third-order valence-electron chi connectivity index (χ3n) is 5.10. The molecule has 6 heteroatoms. The first-order valence-corrected chi connectivity index (χ1v) is 9.92. The number of carbonyl (C=O) groups is 2. The van der Waals surface area contributed by atoms with Gasteiger partial charge in [0.05, 0.1) is 6.61 Å². The predicted molar refractivity (Wildman–Crippen MR) is 115 cm³/mol. The molecule has 0 aromatic heterocycles. The molecule has 1 aliphatic rings. The standard InChI is InChI=1S/C24H27NO5/c1-5-28-18-10-12-19(13-11-18)29-16-23(27)30-15-17(26)14-22-24(2,3)20-8-6-7-9-21(20)25(22)4/h6-14H,5,15-16H2,1-4H3/b22-14+. The van der Waals surface area contributed by atoms with Crippen molar-refractivity contribution in [3.05, 3.63) is 65.9 Å². The van der Waals surface area contributed by atoms with Gasteiger partial charge in [-0.05, 0) is 42.8 Å². The van der Waals surface area contributed by atoms with Crippen LogP contribution in [0, 0.1) is 0 Å². The van der Waals surface area contributed by atoms with E-state index in [0.717, 1.165) is 22.7 Å². The number of fused-ring (bicyclic) bond motifs is 1. The first-order valence-electron chi connectivity index (χ1n) is 9.92. The van der Waals surface area contributed by atoms with Gasteiger partial charge in [-0.2, -0.15) is 0 Å². The lowest BCUT2D eigenvalue weighted by Gasteiger charge is -2.23. The second-order valence-corrected chi connectivity index (χ2v) is 7.55. The van der Waals surface area contributed by atoms with E-state index in [0.29, 0.717) is 12.4 Å². The van der Waals surface area contributed by atoms with Crippen LogP contribution in [0.15, 0.2) is 60.3 Å². The van der Waals surface area contributed by atoms with Crippen LogP contribution < -0.4 is 14.4 Å². The number of hydrogen-bond acceptors (Lipinski definition) is 6. The highest BCUT2D eigenvalue weighted by atomic mass is 16.6. The fourth-order valence-electron chi connectivity index (χ4n) is 3.59. The van der Waals surface area contributed by atoms with Crippen LogP contribution in [0.3, 0.4) is 0 Å². The lowest BCUT2D eigenvalue weighted by atomic mass is 9.83. The second kappa shape index (κ2) is 9.03. The molecule has 0 saturated heterocycles. The molecule has 0 aliphatic carbocycles. The number of likely N-dealkylation sites (N-methyl/N-ethyl adjacent to an activating group) is 1. The number of carbonyl (C=O) groups excluding carboxylic acids is 2. The molecule has 0 atom stereocenters. The van der Waals surface area contributed by atoms with Crippen LogP contribution in [0.4, 0.5) is 5.69 Å². The largest absolute Gasteiger partial charge is 0.494 e. The molecule has 2 aromatic carbocycles. The molecule has 30 heavy (non-hydrogen) atoms. The molecule has 0 bridgehead atoms. The lowest BCUT2D eigenvalue weighted by Crippen LogP contribution is -2.25. The minimum absolute atomic E-state index is 0.269. The number of ether oxygens (including phenoxy) is 3. The van der Waals surface area contributed by atoms with Gasteiger partial charge in [0.25, 0.3) is 0 Å². The highest BCUT2D eigenvalue weighted by Crippen LogP contribution is 2.46. The van der Waals surface area contributed by atoms with Crippen LogP contribution in [0.25, 0.3) is 0 Å². The third-order valence-corrected chi connectivity index (χ3v) is 5.10. The summed E-state index contributed by atoms with van der Waals surface area (Å²) >= 11 is 0. The summed E-state index contributed by atoms with van der Waals surface area (Å²) in [6.45, 7) is 6.04. The highest BCUT2D eigenvalue weighted by Gasteiger charge is 2.38. The van der Waals surface area contributed by atoms with Crippen molar-refractivity contribution in [3.63, 3.8) is 0 Å². The summed E-state index contributed by atoms with van der Waals surface area (Å²) in [6.07, 6.45) is 1.56. The zero-order valence-electron chi connectivity index (χ0n) is 17.8. The van der Waals surface area contributed by atoms with Crippen molar-refractivity contribution in [3.8, 4) is 11.5 Å². The molecular weight excluding hydrogens is 382 g/mol. The summed E-state index contributed by atoms with van der Waals surface area (Å²) in [5.74, 6) is 0.383. The molecule has 0 unspecified atom stereocenters. The van der Waals surface area contributed by atoms with Crippen molar-refractivity contribution < 1.29 is 23.8 Å². The molecule has 0 saturated carbocycles. The molecule has 0 N–H and O–H groups in total. The van der Waals surface area contributed by atoms with E-state index in [-0.39, 0.29) is 24.4 Å². The summed E-state index contributed by atoms with van der Waals surface area (Å²) in [7, 11) is 1.93. The van der Waals surface area contributed by atoms with Gasteiger partial charge >= 0.3 is 5.97 Å². The van der Waals surface area contributed by atoms with Crippen LogP contribution in [-0.2, 0) is 19.7 Å². The van der Waals surface area contributed by atoms with E-state index in [1.165, 1.54) is 0 Å². The van der Waals surface area contributed by atoms with Crippen molar-refractivity contribution in [1.29, 1.82) is 0 Å². The van der Waals surface area contributed by atoms with Gasteiger partial charge in [0.2, 0.25) is 0 Å². The Balaban J connectivity index is 1.52. The minimum atomic E-state index is -0.599. The molecule has 6 nitrogen and oxygen atoms in total. The molecule has 0 radical (unpaired) electrons. The molecule has 3 rings (SSSR count). The van der Waals surface area contributed by atoms with Crippen molar-refractivity contribution in [2.45, 2.75) is 26.2 Å². The van der Waals surface area contributed by atoms with Gasteiger partial charge < -0.3 is 19.1 Å². The molecular formula is C24H27NO5. The highest BCUT2D eigenvalue weighted by molar-refractivity contribution is 5.94. The van der Waals surface area contributed by atoms with Crippen molar-refractivity contribution >= 4 is 17.4 Å². The molecule has 1 aliphatic heterocycles. The number of esters is 1. The van der Waals surface area contributed by atoms with Crippen molar-refractivity contribution in [2.24, 2.45) is 0 Å². The summed E-state index contributed by atoms with van der Waals surface area (Å²) in [5, 5.41) is 0. The molecule has 1 heterocycles. The Morgan fingerprint density at radius 2 is 1.60 bits per heavy atom. The van der Waals surface area contributed by atoms with E-state index in [1.807, 2.05) is 37.1 Å². The van der Waals surface area contributed by atoms with Crippen molar-refractivity contribution in [2.75, 3.05) is 31.8 Å². The van der Waals surface area contributed by atoms with Crippen LogP contribution in [0.1, 0.15) is 26.3 Å². The van der Waals surface area contributed by atoms with E-state index in [1.54, 1.807) is 30.3 Å². The van der Waals surface area contributed by atoms with Gasteiger partial charge in [-0.3, -0.25) is 4.79 Å². The Morgan fingerprint density at radius 1 is 0.967 bits per heavy atom. The fourth-order valence-corrected chi connectivity index (χ4v) is 3.59. The van der Waals surface area contributed by atoms with Gasteiger partial charge in [-0.15, -0.1) is 0 Å². The lowest BCUT2D eigenvalue weighted by molar-refractivity contribution is -0.148. The molecule has 0 amide bonds. The number of hydrogen-bond donors (Lipinski definition) is 0. The Bertz CT molecular complexity index is 946. The SMILES string of the molecule is CCOc1ccc(OCC(=O)OCC(=O)/C=C2/N(C)c3ccccc3C2(C)C)cc1. The molecule has 2 aromatic rings. The van der Waals surface area contributed by atoms with Crippen LogP contribution >= 0.6 is 0 Å². The number of anilines is 1. The predicted octanol–water partition coefficient (Wildman–Crippen LogP) is 3.89. The number of benzene rings is 2. The van der Waals surface area contributed by atoms with Gasteiger partial charge in [-0.25, -0.2) is 4.79 Å². The first kappa shape index (κ1) is 21.4. The van der Waals surface area contributed by atoms with Gasteiger partial charge in [0.1, 0.15) is 11.5 Å². The monoisotopic (exact) mass is 409 g/mol. The zero-order chi connectivity index (χ0) is 21.7. The normalized spacial score (nSPS) is 15.6. The number of nitrogens with zero attached hydrogens (tertiary/aromatic N) is 1. The summed E-state index contributed by atoms with van der Waals surface area (Å²) in [4.78, 5) is 26.4. The fraction of sp³-hybridized carbons (Fsp3) is 0.333. The van der Waals surface area contributed by atoms with E-state index in [4.69, 9.17) is 14.2 Å². The average Bonchev–Trinajstić information content (AvgIpc) is 2.93. The van der Waals surface area contributed by atoms with Crippen LogP contribution in [-0.4, -0.2) is 38.6 Å². The number of ketones is 1. The zero-order valence-corrected chi connectivity index (χ0v) is 17.8. The Hall–Kier alpha value is -3.28. The van der Waals surface area contributed by atoms with Gasteiger partial charge in [-0.1, -0.05) is 32.0 Å². The van der Waals surface area contributed by atoms with Crippen molar-refractivity contribution in [1.82, 2.24) is 0 Å². The maximum Gasteiger partial charge on any atom is 0.344 e. The summed E-state index contributed by atoms with van der Waals surface area (Å²) in [6, 6.07) is 15.0. The smallest absolute Gasteiger partial charge is 0.344 e. The molecule has 158 valence electrons. The second-order valence-electron chi connectivity index (χ2n) is 7.55. The Kier molecular flexibility index (Phi) is 6.45. The average molecular weight is 409 g/mol. The topological polar surface area (TPSA) is 65.1 Å².